The smallest absolute Gasteiger partial charge is 0.238 e. The number of hydrogen-bond donors (Lipinski definition) is 2. The van der Waals surface area contributed by atoms with Gasteiger partial charge in [-0.1, -0.05) is 0 Å². The summed E-state index contributed by atoms with van der Waals surface area (Å²) in [6, 6.07) is 4.28. The van der Waals surface area contributed by atoms with Crippen molar-refractivity contribution in [1.29, 1.82) is 0 Å². The van der Waals surface area contributed by atoms with E-state index in [4.69, 9.17) is 5.14 Å². The summed E-state index contributed by atoms with van der Waals surface area (Å²) in [5, 5.41) is 8.30. The van der Waals surface area contributed by atoms with E-state index in [2.05, 4.69) is 10.2 Å². The molecule has 0 amide bonds. The molecule has 8 heteroatoms. The minimum absolute atomic E-state index is 0.192. The molecule has 0 saturated carbocycles. The molecule has 0 bridgehead atoms. The predicted molar refractivity (Wildman–Crippen MR) is 78.2 cm³/mol. The lowest BCUT2D eigenvalue weighted by atomic mass is 10.0. The van der Waals surface area contributed by atoms with E-state index >= 15 is 0 Å². The van der Waals surface area contributed by atoms with Gasteiger partial charge in [-0.15, -0.1) is 0 Å². The standard InChI is InChI=1S/C13H19FN4O2S/c14-12-7-11(21(15,19)20)1-2-13(12)18-8-10(9-18)17-5-3-16-4-6-17/h1-2,7,10,16H,3-6,8-9H2,(H2,15,19,20). The number of halogens is 1. The van der Waals surface area contributed by atoms with Crippen LogP contribution < -0.4 is 15.4 Å². The average Bonchev–Trinajstić information content (AvgIpc) is 2.39. The summed E-state index contributed by atoms with van der Waals surface area (Å²) in [5.74, 6) is -0.541. The fourth-order valence-corrected chi connectivity index (χ4v) is 3.38. The van der Waals surface area contributed by atoms with Crippen molar-refractivity contribution in [3.05, 3.63) is 24.0 Å². The lowest BCUT2D eigenvalue weighted by Crippen LogP contribution is -2.63. The SMILES string of the molecule is NS(=O)(=O)c1ccc(N2CC(N3CCNCC3)C2)c(F)c1. The van der Waals surface area contributed by atoms with Gasteiger partial charge in [0, 0.05) is 45.3 Å². The van der Waals surface area contributed by atoms with Gasteiger partial charge < -0.3 is 10.2 Å². The van der Waals surface area contributed by atoms with Gasteiger partial charge >= 0.3 is 0 Å². The number of piperazine rings is 1. The fourth-order valence-electron chi connectivity index (χ4n) is 2.85. The molecule has 2 aliphatic rings. The normalized spacial score (nSPS) is 21.3. The Bertz CT molecular complexity index is 625. The molecule has 3 N–H and O–H groups in total. The van der Waals surface area contributed by atoms with E-state index in [0.717, 1.165) is 45.3 Å². The Morgan fingerprint density at radius 3 is 2.48 bits per heavy atom. The summed E-state index contributed by atoms with van der Waals surface area (Å²) < 4.78 is 36.4. The van der Waals surface area contributed by atoms with E-state index in [1.165, 1.54) is 12.1 Å². The van der Waals surface area contributed by atoms with Gasteiger partial charge in [0.25, 0.3) is 0 Å². The lowest BCUT2D eigenvalue weighted by molar-refractivity contribution is 0.147. The van der Waals surface area contributed by atoms with Crippen molar-refractivity contribution in [3.63, 3.8) is 0 Å². The van der Waals surface area contributed by atoms with E-state index in [0.29, 0.717) is 11.7 Å². The highest BCUT2D eigenvalue weighted by molar-refractivity contribution is 7.89. The lowest BCUT2D eigenvalue weighted by Gasteiger charge is -2.48. The van der Waals surface area contributed by atoms with Crippen molar-refractivity contribution in [2.45, 2.75) is 10.9 Å². The molecule has 2 aliphatic heterocycles. The van der Waals surface area contributed by atoms with Crippen LogP contribution in [0.1, 0.15) is 0 Å². The third-order valence-electron chi connectivity index (χ3n) is 4.12. The third kappa shape index (κ3) is 3.03. The Morgan fingerprint density at radius 1 is 1.24 bits per heavy atom. The molecule has 21 heavy (non-hydrogen) atoms. The molecule has 0 aromatic heterocycles. The van der Waals surface area contributed by atoms with E-state index < -0.39 is 15.8 Å². The van der Waals surface area contributed by atoms with Gasteiger partial charge in [-0.25, -0.2) is 17.9 Å². The van der Waals surface area contributed by atoms with Crippen LogP contribution in [0, 0.1) is 5.82 Å². The second-order valence-corrected chi connectivity index (χ2v) is 7.06. The molecule has 0 radical (unpaired) electrons. The highest BCUT2D eigenvalue weighted by atomic mass is 32.2. The van der Waals surface area contributed by atoms with Crippen LogP contribution in [0.5, 0.6) is 0 Å². The maximum absolute atomic E-state index is 14.0. The van der Waals surface area contributed by atoms with Gasteiger partial charge in [0.15, 0.2) is 0 Å². The molecule has 0 spiro atoms. The van der Waals surface area contributed by atoms with Crippen molar-refractivity contribution in [3.8, 4) is 0 Å². The number of benzene rings is 1. The van der Waals surface area contributed by atoms with Crippen LogP contribution in [-0.2, 0) is 10.0 Å². The molecule has 1 aromatic carbocycles. The van der Waals surface area contributed by atoms with Crippen LogP contribution >= 0.6 is 0 Å². The summed E-state index contributed by atoms with van der Waals surface area (Å²) in [6.45, 7) is 5.57. The molecule has 116 valence electrons. The van der Waals surface area contributed by atoms with Crippen LogP contribution in [0.2, 0.25) is 0 Å². The van der Waals surface area contributed by atoms with Gasteiger partial charge in [-0.2, -0.15) is 0 Å². The zero-order valence-corrected chi connectivity index (χ0v) is 12.4. The second-order valence-electron chi connectivity index (χ2n) is 5.50. The minimum Gasteiger partial charge on any atom is -0.366 e. The Balaban J connectivity index is 1.67. The first-order valence-corrected chi connectivity index (χ1v) is 8.52. The molecule has 1 aromatic rings. The largest absolute Gasteiger partial charge is 0.366 e. The zero-order valence-electron chi connectivity index (χ0n) is 11.6. The van der Waals surface area contributed by atoms with Gasteiger partial charge in [0.2, 0.25) is 10.0 Å². The van der Waals surface area contributed by atoms with Gasteiger partial charge in [0.1, 0.15) is 5.82 Å². The number of rotatable bonds is 3. The zero-order chi connectivity index (χ0) is 15.0. The third-order valence-corrected chi connectivity index (χ3v) is 5.03. The predicted octanol–water partition coefficient (Wildman–Crippen LogP) is -0.433. The fraction of sp³-hybridized carbons (Fsp3) is 0.538. The number of hydrogen-bond acceptors (Lipinski definition) is 5. The van der Waals surface area contributed by atoms with Crippen LogP contribution in [0.4, 0.5) is 10.1 Å². The van der Waals surface area contributed by atoms with Gasteiger partial charge in [-0.3, -0.25) is 4.90 Å². The maximum atomic E-state index is 14.0. The first kappa shape index (κ1) is 14.7. The molecule has 2 fully saturated rings. The summed E-state index contributed by atoms with van der Waals surface area (Å²) in [5.41, 5.74) is 0.439. The monoisotopic (exact) mass is 314 g/mol. The molecule has 6 nitrogen and oxygen atoms in total. The molecule has 0 aliphatic carbocycles. The molecule has 0 unspecified atom stereocenters. The number of nitrogens with one attached hydrogen (secondary N) is 1. The highest BCUT2D eigenvalue weighted by Gasteiger charge is 2.33. The Morgan fingerprint density at radius 2 is 1.90 bits per heavy atom. The van der Waals surface area contributed by atoms with Crippen LogP contribution in [0.25, 0.3) is 0 Å². The molecule has 2 saturated heterocycles. The minimum atomic E-state index is -3.86. The van der Waals surface area contributed by atoms with Crippen molar-refractivity contribution in [2.75, 3.05) is 44.2 Å². The summed E-state index contributed by atoms with van der Waals surface area (Å²) in [7, 11) is -3.86. The average molecular weight is 314 g/mol. The van der Waals surface area contributed by atoms with Crippen molar-refractivity contribution in [1.82, 2.24) is 10.2 Å². The van der Waals surface area contributed by atoms with Gasteiger partial charge in [-0.05, 0) is 18.2 Å². The Labute approximate surface area is 123 Å². The Hall–Kier alpha value is -1.22. The van der Waals surface area contributed by atoms with Crippen molar-refractivity contribution in [2.24, 2.45) is 5.14 Å². The van der Waals surface area contributed by atoms with E-state index in [1.807, 2.05) is 4.90 Å². The maximum Gasteiger partial charge on any atom is 0.238 e. The number of anilines is 1. The molecule has 0 atom stereocenters. The number of nitrogens with zero attached hydrogens (tertiary/aromatic N) is 2. The van der Waals surface area contributed by atoms with Crippen LogP contribution in [0.15, 0.2) is 23.1 Å². The van der Waals surface area contributed by atoms with E-state index in [9.17, 15) is 12.8 Å². The first-order chi connectivity index (χ1) is 9.95. The highest BCUT2D eigenvalue weighted by Crippen LogP contribution is 2.28. The summed E-state index contributed by atoms with van der Waals surface area (Å²) >= 11 is 0. The van der Waals surface area contributed by atoms with Crippen molar-refractivity contribution >= 4 is 15.7 Å². The quantitative estimate of drug-likeness (QED) is 0.791. The number of primary sulfonamides is 1. The second kappa shape index (κ2) is 5.53. The Kier molecular flexibility index (Phi) is 3.87. The van der Waals surface area contributed by atoms with Crippen LogP contribution in [0.3, 0.4) is 0 Å². The molecule has 2 heterocycles. The molecule has 3 rings (SSSR count). The molecular weight excluding hydrogens is 295 g/mol. The van der Waals surface area contributed by atoms with Gasteiger partial charge in [0.05, 0.1) is 10.6 Å². The summed E-state index contributed by atoms with van der Waals surface area (Å²) in [4.78, 5) is 4.14. The molecular formula is C13H19FN4O2S. The number of nitrogens with two attached hydrogens (primary N) is 1. The summed E-state index contributed by atoms with van der Waals surface area (Å²) in [6.07, 6.45) is 0. The number of sulfonamides is 1. The van der Waals surface area contributed by atoms with Crippen LogP contribution in [-0.4, -0.2) is 58.6 Å². The van der Waals surface area contributed by atoms with E-state index in [-0.39, 0.29) is 4.90 Å². The first-order valence-electron chi connectivity index (χ1n) is 6.97. The van der Waals surface area contributed by atoms with Crippen molar-refractivity contribution < 1.29 is 12.8 Å². The van der Waals surface area contributed by atoms with E-state index in [1.54, 1.807) is 0 Å². The topological polar surface area (TPSA) is 78.7 Å².